The molecule has 0 saturated heterocycles. The van der Waals surface area contributed by atoms with Gasteiger partial charge in [0.15, 0.2) is 0 Å². The third kappa shape index (κ3) is 4.47. The van der Waals surface area contributed by atoms with Crippen LogP contribution < -0.4 is 4.90 Å². The Labute approximate surface area is 168 Å². The second kappa shape index (κ2) is 8.24. The van der Waals surface area contributed by atoms with Crippen molar-refractivity contribution in [2.24, 2.45) is 0 Å². The number of nitrogens with zero attached hydrogens (tertiary/aromatic N) is 3. The fraction of sp³-hybridized carbons (Fsp3) is 0.167. The molecule has 0 spiro atoms. The van der Waals surface area contributed by atoms with Crippen molar-refractivity contribution in [1.82, 2.24) is 10.2 Å². The summed E-state index contributed by atoms with van der Waals surface area (Å²) in [4.78, 5) is 14.1. The minimum Gasteiger partial charge on any atom is -0.411 e. The molecule has 0 aliphatic heterocycles. The maximum Gasteiger partial charge on any atom is 0.277 e. The molecule has 3 aromatic rings. The van der Waals surface area contributed by atoms with Crippen LogP contribution in [0.3, 0.4) is 0 Å². The first-order chi connectivity index (χ1) is 12.4. The minimum atomic E-state index is -0.0494. The van der Waals surface area contributed by atoms with Crippen LogP contribution in [0, 0.1) is 6.92 Å². The number of hydrogen-bond acceptors (Lipinski definition) is 5. The van der Waals surface area contributed by atoms with Gasteiger partial charge in [-0.3, -0.25) is 4.79 Å². The first kappa shape index (κ1) is 18.9. The van der Waals surface area contributed by atoms with Gasteiger partial charge in [-0.1, -0.05) is 39.3 Å². The van der Waals surface area contributed by atoms with Crippen molar-refractivity contribution in [1.29, 1.82) is 0 Å². The topological polar surface area (TPSA) is 59.2 Å². The second-order valence-electron chi connectivity index (χ2n) is 5.55. The predicted molar refractivity (Wildman–Crippen MR) is 108 cm³/mol. The van der Waals surface area contributed by atoms with Gasteiger partial charge in [-0.05, 0) is 55.0 Å². The molecule has 0 aliphatic rings. The van der Waals surface area contributed by atoms with Crippen LogP contribution in [0.25, 0.3) is 11.5 Å². The second-order valence-corrected chi connectivity index (χ2v) is 7.83. The monoisotopic (exact) mass is 451 g/mol. The summed E-state index contributed by atoms with van der Waals surface area (Å²) in [5, 5.41) is 8.98. The summed E-state index contributed by atoms with van der Waals surface area (Å²) in [6, 6.07) is 12.9. The number of anilines is 1. The number of rotatable bonds is 5. The number of aryl methyl sites for hydroxylation is 1. The molecule has 134 valence electrons. The van der Waals surface area contributed by atoms with Crippen LogP contribution in [0.4, 0.5) is 5.69 Å². The van der Waals surface area contributed by atoms with Crippen LogP contribution in [-0.4, -0.2) is 28.9 Å². The summed E-state index contributed by atoms with van der Waals surface area (Å²) < 4.78 is 6.59. The van der Waals surface area contributed by atoms with Gasteiger partial charge in [-0.2, -0.15) is 0 Å². The van der Waals surface area contributed by atoms with E-state index in [1.807, 2.05) is 25.1 Å². The molecule has 0 unspecified atom stereocenters. The summed E-state index contributed by atoms with van der Waals surface area (Å²) in [6.45, 7) is 1.97. The largest absolute Gasteiger partial charge is 0.411 e. The fourth-order valence-corrected chi connectivity index (χ4v) is 3.61. The van der Waals surface area contributed by atoms with Gasteiger partial charge in [-0.15, -0.1) is 10.2 Å². The molecule has 1 amide bonds. The van der Waals surface area contributed by atoms with Gasteiger partial charge in [0.05, 0.1) is 5.75 Å². The van der Waals surface area contributed by atoms with Gasteiger partial charge in [0.1, 0.15) is 0 Å². The normalized spacial score (nSPS) is 10.8. The van der Waals surface area contributed by atoms with Crippen molar-refractivity contribution < 1.29 is 9.21 Å². The molecular weight excluding hydrogens is 438 g/mol. The van der Waals surface area contributed by atoms with E-state index < -0.39 is 0 Å². The molecular formula is C18H15BrClN3O2S. The van der Waals surface area contributed by atoms with Crippen LogP contribution in [0.5, 0.6) is 0 Å². The highest BCUT2D eigenvalue weighted by atomic mass is 79.9. The number of carbonyl (C=O) groups is 1. The summed E-state index contributed by atoms with van der Waals surface area (Å²) in [5.41, 5.74) is 2.66. The van der Waals surface area contributed by atoms with Gasteiger partial charge in [0, 0.05) is 27.8 Å². The molecule has 1 heterocycles. The van der Waals surface area contributed by atoms with Crippen LogP contribution in [0.1, 0.15) is 5.56 Å². The van der Waals surface area contributed by atoms with Crippen molar-refractivity contribution >= 4 is 50.9 Å². The first-order valence-electron chi connectivity index (χ1n) is 7.69. The predicted octanol–water partition coefficient (Wildman–Crippen LogP) is 5.22. The highest BCUT2D eigenvalue weighted by Gasteiger charge is 2.16. The van der Waals surface area contributed by atoms with Gasteiger partial charge in [0.2, 0.25) is 11.8 Å². The smallest absolute Gasteiger partial charge is 0.277 e. The van der Waals surface area contributed by atoms with Crippen LogP contribution in [-0.2, 0) is 4.79 Å². The van der Waals surface area contributed by atoms with Crippen LogP contribution >= 0.6 is 39.3 Å². The Kier molecular flexibility index (Phi) is 6.01. The summed E-state index contributed by atoms with van der Waals surface area (Å²) in [6.07, 6.45) is 0. The molecule has 0 atom stereocenters. The van der Waals surface area contributed by atoms with Gasteiger partial charge in [-0.25, -0.2) is 0 Å². The van der Waals surface area contributed by atoms with Crippen molar-refractivity contribution in [3.63, 3.8) is 0 Å². The fourth-order valence-electron chi connectivity index (χ4n) is 2.33. The molecule has 26 heavy (non-hydrogen) atoms. The molecule has 0 bridgehead atoms. The zero-order valence-corrected chi connectivity index (χ0v) is 17.2. The Morgan fingerprint density at radius 1 is 1.23 bits per heavy atom. The molecule has 1 aromatic heterocycles. The number of amides is 1. The molecule has 0 aliphatic carbocycles. The number of aromatic nitrogens is 2. The van der Waals surface area contributed by atoms with E-state index in [-0.39, 0.29) is 11.7 Å². The molecule has 0 radical (unpaired) electrons. The lowest BCUT2D eigenvalue weighted by Crippen LogP contribution is -2.28. The van der Waals surface area contributed by atoms with E-state index in [1.54, 1.807) is 36.2 Å². The number of halogens is 2. The molecule has 8 heteroatoms. The van der Waals surface area contributed by atoms with Crippen LogP contribution in [0.2, 0.25) is 5.02 Å². The molecule has 0 N–H and O–H groups in total. The molecule has 2 aromatic carbocycles. The van der Waals surface area contributed by atoms with Crippen LogP contribution in [0.15, 0.2) is 56.6 Å². The van der Waals surface area contributed by atoms with Crippen molar-refractivity contribution in [2.75, 3.05) is 17.7 Å². The average molecular weight is 453 g/mol. The Hall–Kier alpha value is -1.83. The van der Waals surface area contributed by atoms with E-state index in [4.69, 9.17) is 16.0 Å². The highest BCUT2D eigenvalue weighted by Crippen LogP contribution is 2.26. The minimum absolute atomic E-state index is 0.0494. The third-order valence-electron chi connectivity index (χ3n) is 3.71. The first-order valence-corrected chi connectivity index (χ1v) is 9.84. The zero-order chi connectivity index (χ0) is 18.7. The molecule has 0 saturated carbocycles. The highest BCUT2D eigenvalue weighted by molar-refractivity contribution is 9.10. The maximum absolute atomic E-state index is 12.5. The number of thioether (sulfide) groups is 1. The summed E-state index contributed by atoms with van der Waals surface area (Å²) in [5.74, 6) is 0.550. The lowest BCUT2D eigenvalue weighted by molar-refractivity contribution is -0.115. The Morgan fingerprint density at radius 2 is 1.96 bits per heavy atom. The van der Waals surface area contributed by atoms with E-state index >= 15 is 0 Å². The summed E-state index contributed by atoms with van der Waals surface area (Å²) >= 11 is 10.5. The lowest BCUT2D eigenvalue weighted by atomic mass is 10.2. The Morgan fingerprint density at radius 3 is 2.65 bits per heavy atom. The van der Waals surface area contributed by atoms with E-state index in [9.17, 15) is 4.79 Å². The van der Waals surface area contributed by atoms with Gasteiger partial charge >= 0.3 is 0 Å². The maximum atomic E-state index is 12.5. The van der Waals surface area contributed by atoms with Gasteiger partial charge in [0.25, 0.3) is 5.22 Å². The summed E-state index contributed by atoms with van der Waals surface area (Å²) in [7, 11) is 1.76. The Balaban J connectivity index is 1.63. The number of hydrogen-bond donors (Lipinski definition) is 0. The van der Waals surface area contributed by atoms with Crippen molar-refractivity contribution in [3.05, 3.63) is 57.5 Å². The standard InChI is InChI=1S/C18H15BrClN3O2S/c1-11-9-13(19)5-8-15(11)23(2)16(24)10-26-18-22-21-17(25-18)12-3-6-14(20)7-4-12/h3-9H,10H2,1-2H3. The third-order valence-corrected chi connectivity index (χ3v) is 5.26. The zero-order valence-electron chi connectivity index (χ0n) is 14.1. The van der Waals surface area contributed by atoms with Crippen molar-refractivity contribution in [3.8, 4) is 11.5 Å². The quantitative estimate of drug-likeness (QED) is 0.497. The van der Waals surface area contributed by atoms with E-state index in [2.05, 4.69) is 26.1 Å². The average Bonchev–Trinajstić information content (AvgIpc) is 3.09. The molecule has 0 fully saturated rings. The SMILES string of the molecule is Cc1cc(Br)ccc1N(C)C(=O)CSc1nnc(-c2ccc(Cl)cc2)o1. The molecule has 3 rings (SSSR count). The number of benzene rings is 2. The van der Waals surface area contributed by atoms with Gasteiger partial charge < -0.3 is 9.32 Å². The molecule has 5 nitrogen and oxygen atoms in total. The van der Waals surface area contributed by atoms with E-state index in [0.717, 1.165) is 21.3 Å². The van der Waals surface area contributed by atoms with Crippen molar-refractivity contribution in [2.45, 2.75) is 12.1 Å². The Bertz CT molecular complexity index is 930. The van der Waals surface area contributed by atoms with E-state index in [0.29, 0.717) is 16.1 Å². The number of carbonyl (C=O) groups excluding carboxylic acids is 1. The lowest BCUT2D eigenvalue weighted by Gasteiger charge is -2.19. The van der Waals surface area contributed by atoms with E-state index in [1.165, 1.54) is 11.8 Å².